The molecule has 1 aromatic carbocycles. The molecule has 0 unspecified atom stereocenters. The Morgan fingerprint density at radius 2 is 1.75 bits per heavy atom. The minimum absolute atomic E-state index is 0.274. The highest BCUT2D eigenvalue weighted by Gasteiger charge is 2.07. The lowest BCUT2D eigenvalue weighted by atomic mass is 10.2. The van der Waals surface area contributed by atoms with E-state index in [1.807, 2.05) is 12.1 Å². The molecular weight excluding hydrogens is 370 g/mol. The minimum atomic E-state index is -0.274. The van der Waals surface area contributed by atoms with Gasteiger partial charge in [0, 0.05) is 22.6 Å². The van der Waals surface area contributed by atoms with Crippen LogP contribution in [-0.2, 0) is 0 Å². The SMILES string of the molecule is Cc1ccc(C)n1-c1ccc(C(=O)N/N=C\c2ccc(Br)o2)cc1. The van der Waals surface area contributed by atoms with Crippen LogP contribution in [0, 0.1) is 13.8 Å². The molecule has 2 heterocycles. The number of benzene rings is 1. The Hall–Kier alpha value is -2.60. The van der Waals surface area contributed by atoms with Gasteiger partial charge in [-0.05, 0) is 78.3 Å². The highest BCUT2D eigenvalue weighted by molar-refractivity contribution is 9.10. The molecule has 3 rings (SSSR count). The lowest BCUT2D eigenvalue weighted by molar-refractivity contribution is 0.0955. The molecule has 0 radical (unpaired) electrons. The van der Waals surface area contributed by atoms with Gasteiger partial charge in [0.2, 0.25) is 0 Å². The number of carbonyl (C=O) groups is 1. The Morgan fingerprint density at radius 1 is 1.08 bits per heavy atom. The van der Waals surface area contributed by atoms with Gasteiger partial charge < -0.3 is 8.98 Å². The van der Waals surface area contributed by atoms with E-state index in [-0.39, 0.29) is 5.91 Å². The van der Waals surface area contributed by atoms with E-state index in [0.29, 0.717) is 16.0 Å². The summed E-state index contributed by atoms with van der Waals surface area (Å²) in [5.74, 6) is 0.278. The van der Waals surface area contributed by atoms with Crippen molar-refractivity contribution >= 4 is 28.1 Å². The lowest BCUT2D eigenvalue weighted by Gasteiger charge is -2.09. The summed E-state index contributed by atoms with van der Waals surface area (Å²) in [4.78, 5) is 12.1. The lowest BCUT2D eigenvalue weighted by Crippen LogP contribution is -2.17. The molecular formula is C18H16BrN3O2. The number of hydrazone groups is 1. The van der Waals surface area contributed by atoms with Gasteiger partial charge in [-0.1, -0.05) is 0 Å². The first-order valence-corrected chi connectivity index (χ1v) is 8.18. The van der Waals surface area contributed by atoms with Crippen molar-refractivity contribution < 1.29 is 9.21 Å². The van der Waals surface area contributed by atoms with Gasteiger partial charge >= 0.3 is 0 Å². The van der Waals surface area contributed by atoms with Gasteiger partial charge in [0.15, 0.2) is 4.67 Å². The maximum Gasteiger partial charge on any atom is 0.271 e. The summed E-state index contributed by atoms with van der Waals surface area (Å²) < 4.78 is 8.01. The Bertz CT molecular complexity index is 872. The summed E-state index contributed by atoms with van der Waals surface area (Å²) in [6.07, 6.45) is 1.45. The van der Waals surface area contributed by atoms with Gasteiger partial charge in [0.05, 0.1) is 6.21 Å². The van der Waals surface area contributed by atoms with Crippen molar-refractivity contribution in [1.82, 2.24) is 9.99 Å². The topological polar surface area (TPSA) is 59.5 Å². The summed E-state index contributed by atoms with van der Waals surface area (Å²) >= 11 is 3.21. The summed E-state index contributed by atoms with van der Waals surface area (Å²) in [6.45, 7) is 4.10. The minimum Gasteiger partial charge on any atom is -0.448 e. The van der Waals surface area contributed by atoms with E-state index in [1.54, 1.807) is 24.3 Å². The van der Waals surface area contributed by atoms with Crippen molar-refractivity contribution in [2.24, 2.45) is 5.10 Å². The second-order valence-corrected chi connectivity index (χ2v) is 6.12. The Morgan fingerprint density at radius 3 is 2.33 bits per heavy atom. The molecule has 122 valence electrons. The van der Waals surface area contributed by atoms with Crippen LogP contribution in [0.2, 0.25) is 0 Å². The molecule has 5 nitrogen and oxygen atoms in total. The third-order valence-corrected chi connectivity index (χ3v) is 4.04. The van der Waals surface area contributed by atoms with E-state index >= 15 is 0 Å². The predicted octanol–water partition coefficient (Wildman–Crippen LogP) is 4.21. The molecule has 0 saturated carbocycles. The standard InChI is InChI=1S/C18H16BrN3O2/c1-12-3-4-13(2)22(12)15-7-5-14(6-8-15)18(23)21-20-11-16-9-10-17(19)24-16/h3-11H,1-2H3,(H,21,23)/b20-11-. The molecule has 2 aromatic heterocycles. The summed E-state index contributed by atoms with van der Waals surface area (Å²) in [5, 5.41) is 3.89. The normalized spacial score (nSPS) is 11.1. The largest absolute Gasteiger partial charge is 0.448 e. The number of amides is 1. The zero-order valence-corrected chi connectivity index (χ0v) is 14.9. The van der Waals surface area contributed by atoms with Crippen LogP contribution in [0.5, 0.6) is 0 Å². The van der Waals surface area contributed by atoms with Crippen LogP contribution in [0.1, 0.15) is 27.5 Å². The smallest absolute Gasteiger partial charge is 0.271 e. The second-order valence-electron chi connectivity index (χ2n) is 5.34. The van der Waals surface area contributed by atoms with E-state index in [1.165, 1.54) is 6.21 Å². The van der Waals surface area contributed by atoms with Gasteiger partial charge in [-0.25, -0.2) is 5.43 Å². The second kappa shape index (κ2) is 6.88. The van der Waals surface area contributed by atoms with Crippen molar-refractivity contribution in [3.8, 4) is 5.69 Å². The van der Waals surface area contributed by atoms with Crippen LogP contribution in [0.15, 0.2) is 62.7 Å². The highest BCUT2D eigenvalue weighted by atomic mass is 79.9. The molecule has 0 bridgehead atoms. The zero-order valence-electron chi connectivity index (χ0n) is 13.3. The molecule has 0 atom stereocenters. The molecule has 0 aliphatic carbocycles. The molecule has 0 saturated heterocycles. The Balaban J connectivity index is 1.69. The van der Waals surface area contributed by atoms with Crippen LogP contribution in [0.3, 0.4) is 0 Å². The molecule has 0 fully saturated rings. The van der Waals surface area contributed by atoms with Crippen molar-refractivity contribution in [1.29, 1.82) is 0 Å². The van der Waals surface area contributed by atoms with Gasteiger partial charge in [0.25, 0.3) is 5.91 Å². The first kappa shape index (κ1) is 16.3. The number of hydrogen-bond acceptors (Lipinski definition) is 3. The zero-order chi connectivity index (χ0) is 17.1. The van der Waals surface area contributed by atoms with Gasteiger partial charge in [-0.3, -0.25) is 4.79 Å². The van der Waals surface area contributed by atoms with E-state index in [2.05, 4.69) is 57.0 Å². The van der Waals surface area contributed by atoms with Crippen LogP contribution in [0.25, 0.3) is 5.69 Å². The number of nitrogens with zero attached hydrogens (tertiary/aromatic N) is 2. The number of halogens is 1. The first-order valence-electron chi connectivity index (χ1n) is 7.39. The number of hydrogen-bond donors (Lipinski definition) is 1. The molecule has 0 aliphatic rings. The predicted molar refractivity (Wildman–Crippen MR) is 96.7 cm³/mol. The molecule has 24 heavy (non-hydrogen) atoms. The average Bonchev–Trinajstić information content (AvgIpc) is 3.13. The monoisotopic (exact) mass is 385 g/mol. The number of rotatable bonds is 4. The van der Waals surface area contributed by atoms with E-state index in [9.17, 15) is 4.79 Å². The van der Waals surface area contributed by atoms with Crippen LogP contribution in [0.4, 0.5) is 0 Å². The Kier molecular flexibility index (Phi) is 4.66. The number of furan rings is 1. The molecule has 1 N–H and O–H groups in total. The van der Waals surface area contributed by atoms with E-state index in [0.717, 1.165) is 17.1 Å². The van der Waals surface area contributed by atoms with Crippen LogP contribution < -0.4 is 5.43 Å². The maximum atomic E-state index is 12.1. The fraction of sp³-hybridized carbons (Fsp3) is 0.111. The molecule has 0 spiro atoms. The Labute approximate surface area is 148 Å². The number of aromatic nitrogens is 1. The highest BCUT2D eigenvalue weighted by Crippen LogP contribution is 2.17. The van der Waals surface area contributed by atoms with Crippen LogP contribution >= 0.6 is 15.9 Å². The summed E-state index contributed by atoms with van der Waals surface area (Å²) in [5.41, 5.74) is 6.35. The van der Waals surface area contributed by atoms with Crippen molar-refractivity contribution in [3.05, 3.63) is 75.9 Å². The average molecular weight is 386 g/mol. The number of carbonyl (C=O) groups excluding carboxylic acids is 1. The summed E-state index contributed by atoms with van der Waals surface area (Å²) in [7, 11) is 0. The van der Waals surface area contributed by atoms with Crippen molar-refractivity contribution in [2.75, 3.05) is 0 Å². The quantitative estimate of drug-likeness (QED) is 0.539. The van der Waals surface area contributed by atoms with E-state index in [4.69, 9.17) is 4.42 Å². The maximum absolute atomic E-state index is 12.1. The van der Waals surface area contributed by atoms with Crippen molar-refractivity contribution in [2.45, 2.75) is 13.8 Å². The molecule has 3 aromatic rings. The third-order valence-electron chi connectivity index (χ3n) is 3.61. The molecule has 6 heteroatoms. The van der Waals surface area contributed by atoms with E-state index < -0.39 is 0 Å². The first-order chi connectivity index (χ1) is 11.5. The fourth-order valence-corrected chi connectivity index (χ4v) is 2.77. The van der Waals surface area contributed by atoms with Crippen molar-refractivity contribution in [3.63, 3.8) is 0 Å². The third kappa shape index (κ3) is 3.49. The van der Waals surface area contributed by atoms with Gasteiger partial charge in [-0.15, -0.1) is 0 Å². The fourth-order valence-electron chi connectivity index (χ4n) is 2.45. The summed E-state index contributed by atoms with van der Waals surface area (Å²) in [6, 6.07) is 15.0. The van der Waals surface area contributed by atoms with Gasteiger partial charge in [-0.2, -0.15) is 5.10 Å². The number of nitrogens with one attached hydrogen (secondary N) is 1. The van der Waals surface area contributed by atoms with Crippen LogP contribution in [-0.4, -0.2) is 16.7 Å². The van der Waals surface area contributed by atoms with Gasteiger partial charge in [0.1, 0.15) is 5.76 Å². The molecule has 0 aliphatic heterocycles. The molecule has 1 amide bonds. The number of aryl methyl sites for hydroxylation is 2.